The average molecular weight is 666 g/mol. The zero-order chi connectivity index (χ0) is 33.5. The van der Waals surface area contributed by atoms with Gasteiger partial charge in [-0.15, -0.1) is 0 Å². The second-order valence-electron chi connectivity index (χ2n) is 15.4. The van der Waals surface area contributed by atoms with Gasteiger partial charge in [0.15, 0.2) is 0 Å². The number of fused-ring (bicyclic) bond motifs is 1. The minimum atomic E-state index is -3.05. The van der Waals surface area contributed by atoms with Gasteiger partial charge in [0.2, 0.25) is 0 Å². The Bertz CT molecular complexity index is 1510. The Labute approximate surface area is 283 Å². The molecule has 0 aromatic heterocycles. The van der Waals surface area contributed by atoms with Crippen molar-refractivity contribution in [3.8, 4) is 0 Å². The van der Waals surface area contributed by atoms with Crippen molar-refractivity contribution in [1.29, 1.82) is 0 Å². The summed E-state index contributed by atoms with van der Waals surface area (Å²) < 4.78 is 15.7. The van der Waals surface area contributed by atoms with Crippen LogP contribution in [0.1, 0.15) is 48.0 Å². The Hall–Kier alpha value is -2.89. The summed E-state index contributed by atoms with van der Waals surface area (Å²) in [4.78, 5) is 2.32. The zero-order valence-corrected chi connectivity index (χ0v) is 30.7. The molecule has 2 N–H and O–H groups in total. The number of piperidine rings is 1. The van der Waals surface area contributed by atoms with Crippen LogP contribution in [-0.2, 0) is 8.85 Å². The van der Waals surface area contributed by atoms with Crippen LogP contribution in [0.2, 0.25) is 10.1 Å². The molecule has 2 heterocycles. The molecule has 6 rings (SSSR count). The maximum Gasteiger partial charge on any atom is 0.261 e. The van der Waals surface area contributed by atoms with E-state index in [2.05, 4.69) is 168 Å². The summed E-state index contributed by atoms with van der Waals surface area (Å²) in [5.74, 6) is 0. The highest BCUT2D eigenvalue weighted by molar-refractivity contribution is 7.00. The van der Waals surface area contributed by atoms with E-state index in [-0.39, 0.29) is 16.2 Å². The molecule has 0 bridgehead atoms. The molecule has 2 saturated heterocycles. The van der Waals surface area contributed by atoms with Crippen LogP contribution in [0, 0.1) is 0 Å². The van der Waals surface area contributed by atoms with Gasteiger partial charge in [0.1, 0.15) is 0 Å². The van der Waals surface area contributed by atoms with Crippen LogP contribution in [0.15, 0.2) is 121 Å². The minimum Gasteiger partial charge on any atom is -0.400 e. The van der Waals surface area contributed by atoms with Gasteiger partial charge in [0.25, 0.3) is 16.6 Å². The van der Waals surface area contributed by atoms with Gasteiger partial charge in [-0.25, -0.2) is 0 Å². The van der Waals surface area contributed by atoms with Crippen LogP contribution >= 0.6 is 0 Å². The van der Waals surface area contributed by atoms with E-state index in [4.69, 9.17) is 8.85 Å². The maximum atomic E-state index is 11.8. The Morgan fingerprint density at radius 2 is 0.936 bits per heavy atom. The van der Waals surface area contributed by atoms with Crippen LogP contribution in [-0.4, -0.2) is 75.3 Å². The smallest absolute Gasteiger partial charge is 0.261 e. The van der Waals surface area contributed by atoms with Crippen molar-refractivity contribution in [2.24, 2.45) is 0 Å². The van der Waals surface area contributed by atoms with Gasteiger partial charge in [0, 0.05) is 13.1 Å². The summed E-state index contributed by atoms with van der Waals surface area (Å²) in [6, 6.07) is 42.5. The molecule has 0 saturated carbocycles. The average Bonchev–Trinajstić information content (AvgIpc) is 3.41. The predicted octanol–water partition coefficient (Wildman–Crippen LogP) is 4.69. The van der Waals surface area contributed by atoms with E-state index >= 15 is 0 Å². The van der Waals surface area contributed by atoms with Gasteiger partial charge in [-0.3, -0.25) is 4.90 Å². The molecule has 0 amide bonds. The highest BCUT2D eigenvalue weighted by atomic mass is 28.4. The second-order valence-corrected chi connectivity index (χ2v) is 23.9. The first-order chi connectivity index (χ1) is 22.4. The van der Waals surface area contributed by atoms with Gasteiger partial charge in [-0.2, -0.15) is 0 Å². The predicted molar refractivity (Wildman–Crippen MR) is 197 cm³/mol. The van der Waals surface area contributed by atoms with E-state index in [1.54, 1.807) is 0 Å². The lowest BCUT2D eigenvalue weighted by molar-refractivity contribution is -0.0869. The maximum absolute atomic E-state index is 11.8. The van der Waals surface area contributed by atoms with Crippen molar-refractivity contribution in [3.05, 3.63) is 121 Å². The fraction of sp³-hybridized carbons (Fsp3) is 0.400. The molecule has 7 heteroatoms. The van der Waals surface area contributed by atoms with Crippen LogP contribution in [0.5, 0.6) is 0 Å². The largest absolute Gasteiger partial charge is 0.400 e. The Kier molecular flexibility index (Phi) is 9.55. The zero-order valence-electron chi connectivity index (χ0n) is 28.7. The first-order valence-electron chi connectivity index (χ1n) is 17.1. The number of hydrogen-bond acceptors (Lipinski definition) is 5. The lowest BCUT2D eigenvalue weighted by Gasteiger charge is -2.49. The van der Waals surface area contributed by atoms with Gasteiger partial charge >= 0.3 is 0 Å². The SMILES string of the molecule is CC(C)(C)[Si](O[C@H]1[C@@H]2[C@@H](O)[C@H](O)CCN2C[C@@H]1O[Si](c1ccccc1)(c1ccccc1)C(C)(C)C)(c1ccccc1)c1ccccc1. The van der Waals surface area contributed by atoms with Gasteiger partial charge in [-0.05, 0) is 37.2 Å². The molecule has 4 aromatic carbocycles. The van der Waals surface area contributed by atoms with E-state index in [0.717, 1.165) is 0 Å². The molecule has 0 spiro atoms. The highest BCUT2D eigenvalue weighted by Crippen LogP contribution is 2.44. The molecule has 248 valence electrons. The molecule has 2 aliphatic heterocycles. The summed E-state index contributed by atoms with van der Waals surface area (Å²) in [6.07, 6.45) is -2.05. The Morgan fingerprint density at radius 3 is 1.30 bits per heavy atom. The molecule has 2 aliphatic rings. The van der Waals surface area contributed by atoms with Crippen LogP contribution < -0.4 is 20.7 Å². The molecule has 0 aliphatic carbocycles. The van der Waals surface area contributed by atoms with Gasteiger partial charge in [0.05, 0.1) is 30.5 Å². The first-order valence-corrected chi connectivity index (χ1v) is 20.9. The van der Waals surface area contributed by atoms with Gasteiger partial charge < -0.3 is 19.1 Å². The fourth-order valence-corrected chi connectivity index (χ4v) is 17.7. The molecular weight excluding hydrogens is 615 g/mol. The van der Waals surface area contributed by atoms with Gasteiger partial charge in [-0.1, -0.05) is 163 Å². The van der Waals surface area contributed by atoms with E-state index in [9.17, 15) is 10.2 Å². The molecule has 5 nitrogen and oxygen atoms in total. The summed E-state index contributed by atoms with van der Waals surface area (Å²) in [5, 5.41) is 27.2. The summed E-state index contributed by atoms with van der Waals surface area (Å²) in [7, 11) is -6.02. The lowest BCUT2D eigenvalue weighted by Crippen LogP contribution is -2.72. The molecule has 2 fully saturated rings. The van der Waals surface area contributed by atoms with Crippen LogP contribution in [0.4, 0.5) is 0 Å². The minimum absolute atomic E-state index is 0.223. The number of aliphatic hydroxyl groups excluding tert-OH is 2. The Balaban J connectivity index is 1.57. The third-order valence-corrected chi connectivity index (χ3v) is 20.6. The number of hydrogen-bond donors (Lipinski definition) is 2. The summed E-state index contributed by atoms with van der Waals surface area (Å²) >= 11 is 0. The van der Waals surface area contributed by atoms with Crippen molar-refractivity contribution >= 4 is 37.4 Å². The van der Waals surface area contributed by atoms with Crippen molar-refractivity contribution in [3.63, 3.8) is 0 Å². The molecule has 0 unspecified atom stereocenters. The third-order valence-electron chi connectivity index (χ3n) is 10.5. The van der Waals surface area contributed by atoms with E-state index < -0.39 is 41.0 Å². The molecule has 0 radical (unpaired) electrons. The number of benzene rings is 4. The monoisotopic (exact) mass is 665 g/mol. The normalized spacial score (nSPS) is 24.2. The second kappa shape index (κ2) is 13.2. The van der Waals surface area contributed by atoms with Crippen molar-refractivity contribution < 1.29 is 19.1 Å². The van der Waals surface area contributed by atoms with E-state index in [1.807, 2.05) is 0 Å². The third kappa shape index (κ3) is 6.01. The number of aliphatic hydroxyl groups is 2. The molecule has 4 aromatic rings. The summed E-state index contributed by atoms with van der Waals surface area (Å²) in [6.45, 7) is 15.1. The lowest BCUT2D eigenvalue weighted by atomic mass is 9.94. The van der Waals surface area contributed by atoms with Crippen molar-refractivity contribution in [2.75, 3.05) is 13.1 Å². The van der Waals surface area contributed by atoms with Crippen molar-refractivity contribution in [2.45, 2.75) is 88.5 Å². The summed E-state index contributed by atoms with van der Waals surface area (Å²) in [5.41, 5.74) is 0. The number of rotatable bonds is 8. The molecular formula is C40H51NO4Si2. The fourth-order valence-electron chi connectivity index (χ4n) is 8.30. The number of nitrogens with zero attached hydrogens (tertiary/aromatic N) is 1. The van der Waals surface area contributed by atoms with Crippen LogP contribution in [0.3, 0.4) is 0 Å². The quantitative estimate of drug-likeness (QED) is 0.268. The van der Waals surface area contributed by atoms with Crippen LogP contribution in [0.25, 0.3) is 0 Å². The standard InChI is InChI=1S/C40H51NO4Si2/c1-39(2,3)46(30-19-11-7-12-20-30,31-21-13-8-14-22-31)44-35-29-41-28-27-34(42)37(43)36(41)38(35)45-47(40(4,5)6,32-23-15-9-16-24-32)33-25-17-10-18-26-33/h7-26,34-38,42-43H,27-29H2,1-6H3/t34-,35+,36+,37+,38-/m1/s1. The topological polar surface area (TPSA) is 62.2 Å². The molecule has 47 heavy (non-hydrogen) atoms. The van der Waals surface area contributed by atoms with E-state index in [1.165, 1.54) is 20.7 Å². The van der Waals surface area contributed by atoms with Crippen molar-refractivity contribution in [1.82, 2.24) is 4.90 Å². The Morgan fingerprint density at radius 1 is 0.574 bits per heavy atom. The van der Waals surface area contributed by atoms with E-state index in [0.29, 0.717) is 19.5 Å². The molecule has 5 atom stereocenters. The highest BCUT2D eigenvalue weighted by Gasteiger charge is 2.61. The first kappa shape index (κ1) is 34.0.